The van der Waals surface area contributed by atoms with Crippen molar-refractivity contribution < 1.29 is 0 Å². The first-order valence-corrected chi connectivity index (χ1v) is 5.94. The van der Waals surface area contributed by atoms with Crippen LogP contribution in [0.4, 0.5) is 0 Å². The monoisotopic (exact) mass is 215 g/mol. The van der Waals surface area contributed by atoms with E-state index in [4.69, 9.17) is 11.3 Å². The van der Waals surface area contributed by atoms with Crippen LogP contribution in [0.1, 0.15) is 36.8 Å². The average molecular weight is 215 g/mol. The van der Waals surface area contributed by atoms with E-state index in [-0.39, 0.29) is 5.41 Å². The lowest BCUT2D eigenvalue weighted by Gasteiger charge is -2.41. The van der Waals surface area contributed by atoms with Crippen LogP contribution in [0.15, 0.2) is 24.3 Å². The van der Waals surface area contributed by atoms with E-state index in [1.54, 1.807) is 5.01 Å². The number of hydrazine groups is 1. The van der Waals surface area contributed by atoms with E-state index in [1.165, 1.54) is 24.0 Å². The number of nitrogens with two attached hydrogens (primary N) is 1. The Hall–Kier alpha value is -1.35. The van der Waals surface area contributed by atoms with Crippen molar-refractivity contribution in [2.75, 3.05) is 0 Å². The van der Waals surface area contributed by atoms with Gasteiger partial charge in [-0.25, -0.2) is 5.84 Å². The van der Waals surface area contributed by atoms with Gasteiger partial charge in [0.1, 0.15) is 5.84 Å². The molecule has 1 spiro atoms. The molecule has 2 aliphatic rings. The number of hydrogen-bond donors (Lipinski definition) is 2. The normalized spacial score (nSPS) is 22.6. The number of rotatable bonds is 0. The zero-order chi connectivity index (χ0) is 11.2. The van der Waals surface area contributed by atoms with Gasteiger partial charge in [-0.1, -0.05) is 37.1 Å². The Kier molecular flexibility index (Phi) is 2.04. The molecule has 1 saturated carbocycles. The van der Waals surface area contributed by atoms with Gasteiger partial charge in [-0.15, -0.1) is 0 Å². The summed E-state index contributed by atoms with van der Waals surface area (Å²) in [7, 11) is 0. The van der Waals surface area contributed by atoms with Crippen molar-refractivity contribution in [1.82, 2.24) is 5.01 Å². The first-order chi connectivity index (χ1) is 7.74. The van der Waals surface area contributed by atoms with Crippen molar-refractivity contribution >= 4 is 5.84 Å². The van der Waals surface area contributed by atoms with E-state index in [0.29, 0.717) is 12.4 Å². The molecule has 3 N–H and O–H groups in total. The summed E-state index contributed by atoms with van der Waals surface area (Å²) >= 11 is 0. The van der Waals surface area contributed by atoms with Crippen LogP contribution in [0.25, 0.3) is 0 Å². The van der Waals surface area contributed by atoms with Gasteiger partial charge in [0, 0.05) is 0 Å². The zero-order valence-electron chi connectivity index (χ0n) is 9.37. The third-order valence-corrected chi connectivity index (χ3v) is 4.07. The summed E-state index contributed by atoms with van der Waals surface area (Å²) in [5, 5.41) is 9.89. The predicted molar refractivity (Wildman–Crippen MR) is 64.0 cm³/mol. The van der Waals surface area contributed by atoms with Crippen LogP contribution in [0, 0.1) is 5.41 Å². The van der Waals surface area contributed by atoms with Crippen molar-refractivity contribution in [3.05, 3.63) is 35.4 Å². The highest BCUT2D eigenvalue weighted by atomic mass is 15.4. The van der Waals surface area contributed by atoms with Gasteiger partial charge in [0.25, 0.3) is 0 Å². The number of hydrogen-bond acceptors (Lipinski definition) is 2. The highest BCUT2D eigenvalue weighted by molar-refractivity contribution is 5.92. The van der Waals surface area contributed by atoms with Crippen molar-refractivity contribution in [3.8, 4) is 0 Å². The molecule has 1 aliphatic carbocycles. The van der Waals surface area contributed by atoms with Crippen LogP contribution >= 0.6 is 0 Å². The summed E-state index contributed by atoms with van der Waals surface area (Å²) in [5.74, 6) is 6.57. The SMILES string of the molecule is N=C1N(N)Cc2ccccc2C12CCCC2. The molecule has 0 unspecified atom stereocenters. The topological polar surface area (TPSA) is 53.1 Å². The van der Waals surface area contributed by atoms with E-state index in [1.807, 2.05) is 0 Å². The van der Waals surface area contributed by atoms with E-state index in [9.17, 15) is 0 Å². The zero-order valence-corrected chi connectivity index (χ0v) is 9.37. The highest BCUT2D eigenvalue weighted by Gasteiger charge is 2.45. The lowest BCUT2D eigenvalue weighted by molar-refractivity contribution is 0.353. The van der Waals surface area contributed by atoms with E-state index >= 15 is 0 Å². The van der Waals surface area contributed by atoms with Crippen molar-refractivity contribution in [3.63, 3.8) is 0 Å². The summed E-state index contributed by atoms with van der Waals surface area (Å²) in [4.78, 5) is 0. The lowest BCUT2D eigenvalue weighted by Crippen LogP contribution is -2.52. The van der Waals surface area contributed by atoms with Gasteiger partial charge in [0.15, 0.2) is 0 Å². The Morgan fingerprint density at radius 2 is 1.88 bits per heavy atom. The molecule has 1 heterocycles. The minimum Gasteiger partial charge on any atom is -0.294 e. The molecular formula is C13H17N3. The first-order valence-electron chi connectivity index (χ1n) is 5.94. The predicted octanol–water partition coefficient (Wildman–Crippen LogP) is 2.16. The maximum atomic E-state index is 8.27. The lowest BCUT2D eigenvalue weighted by atomic mass is 9.73. The molecule has 0 bridgehead atoms. The van der Waals surface area contributed by atoms with Crippen molar-refractivity contribution in [2.45, 2.75) is 37.6 Å². The van der Waals surface area contributed by atoms with Gasteiger partial charge in [-0.2, -0.15) is 0 Å². The average Bonchev–Trinajstić information content (AvgIpc) is 2.77. The standard InChI is InChI=1S/C13H17N3/c14-12-13(7-3-4-8-13)11-6-2-1-5-10(11)9-16(12)15/h1-2,5-6,14H,3-4,7-9,15H2. The molecule has 1 fully saturated rings. The third kappa shape index (κ3) is 1.15. The second-order valence-corrected chi connectivity index (χ2v) is 4.92. The summed E-state index contributed by atoms with van der Waals surface area (Å²) in [6, 6.07) is 8.46. The van der Waals surface area contributed by atoms with E-state index in [2.05, 4.69) is 24.3 Å². The van der Waals surface area contributed by atoms with Crippen LogP contribution in [-0.4, -0.2) is 10.8 Å². The molecule has 84 valence electrons. The second kappa shape index (κ2) is 3.32. The molecule has 1 aliphatic heterocycles. The fraction of sp³-hybridized carbons (Fsp3) is 0.462. The molecule has 1 aromatic carbocycles. The van der Waals surface area contributed by atoms with Crippen molar-refractivity contribution in [2.24, 2.45) is 5.84 Å². The largest absolute Gasteiger partial charge is 0.294 e. The molecular weight excluding hydrogens is 198 g/mol. The number of benzene rings is 1. The Labute approximate surface area is 95.7 Å². The van der Waals surface area contributed by atoms with Crippen LogP contribution in [0.5, 0.6) is 0 Å². The van der Waals surface area contributed by atoms with Gasteiger partial charge in [-0.3, -0.25) is 10.4 Å². The Morgan fingerprint density at radius 1 is 1.19 bits per heavy atom. The molecule has 3 heteroatoms. The van der Waals surface area contributed by atoms with E-state index < -0.39 is 0 Å². The van der Waals surface area contributed by atoms with Crippen LogP contribution < -0.4 is 5.84 Å². The van der Waals surface area contributed by atoms with Gasteiger partial charge < -0.3 is 0 Å². The Morgan fingerprint density at radius 3 is 2.62 bits per heavy atom. The number of nitrogens with one attached hydrogen (secondary N) is 1. The highest BCUT2D eigenvalue weighted by Crippen LogP contribution is 2.46. The Balaban J connectivity index is 2.18. The maximum Gasteiger partial charge on any atom is 0.121 e. The fourth-order valence-corrected chi connectivity index (χ4v) is 3.27. The molecule has 0 aromatic heterocycles. The molecule has 0 atom stereocenters. The number of fused-ring (bicyclic) bond motifs is 2. The summed E-state index contributed by atoms with van der Waals surface area (Å²) in [6.07, 6.45) is 4.59. The summed E-state index contributed by atoms with van der Waals surface area (Å²) in [5.41, 5.74) is 2.56. The molecule has 0 radical (unpaired) electrons. The van der Waals surface area contributed by atoms with Gasteiger partial charge in [-0.05, 0) is 24.0 Å². The quantitative estimate of drug-likeness (QED) is 0.652. The van der Waals surface area contributed by atoms with Crippen molar-refractivity contribution in [1.29, 1.82) is 5.41 Å². The maximum absolute atomic E-state index is 8.27. The van der Waals surface area contributed by atoms with Crippen LogP contribution in [-0.2, 0) is 12.0 Å². The second-order valence-electron chi connectivity index (χ2n) is 4.92. The van der Waals surface area contributed by atoms with Gasteiger partial charge in [0.05, 0.1) is 12.0 Å². The molecule has 1 aromatic rings. The molecule has 16 heavy (non-hydrogen) atoms. The number of amidine groups is 1. The molecule has 0 amide bonds. The fourth-order valence-electron chi connectivity index (χ4n) is 3.27. The smallest absolute Gasteiger partial charge is 0.121 e. The molecule has 3 nitrogen and oxygen atoms in total. The van der Waals surface area contributed by atoms with Crippen LogP contribution in [0.3, 0.4) is 0 Å². The van der Waals surface area contributed by atoms with Gasteiger partial charge in [0.2, 0.25) is 0 Å². The minimum absolute atomic E-state index is 0.0798. The summed E-state index contributed by atoms with van der Waals surface area (Å²) in [6.45, 7) is 0.677. The number of nitrogens with zero attached hydrogens (tertiary/aromatic N) is 1. The Bertz CT molecular complexity index is 433. The molecule has 3 rings (SSSR count). The molecule has 0 saturated heterocycles. The minimum atomic E-state index is -0.0798. The third-order valence-electron chi connectivity index (χ3n) is 4.07. The van der Waals surface area contributed by atoms with Gasteiger partial charge >= 0.3 is 0 Å². The van der Waals surface area contributed by atoms with Crippen LogP contribution in [0.2, 0.25) is 0 Å². The van der Waals surface area contributed by atoms with E-state index in [0.717, 1.165) is 12.8 Å². The summed E-state index contributed by atoms with van der Waals surface area (Å²) < 4.78 is 0. The first kappa shape index (κ1) is 9.85.